The molecule has 1 amide bonds. The van der Waals surface area contributed by atoms with E-state index in [0.717, 1.165) is 34.0 Å². The number of aromatic nitrogens is 2. The van der Waals surface area contributed by atoms with Gasteiger partial charge in [-0.05, 0) is 74.5 Å². The molecule has 0 saturated heterocycles. The van der Waals surface area contributed by atoms with Crippen LogP contribution in [0.15, 0.2) is 98.1 Å². The molecule has 3 aromatic rings. The number of nitrogens with zero attached hydrogens (tertiary/aromatic N) is 3. The van der Waals surface area contributed by atoms with Gasteiger partial charge in [-0.2, -0.15) is 5.01 Å². The molecule has 1 aliphatic heterocycles. The Morgan fingerprint density at radius 2 is 1.33 bits per heavy atom. The van der Waals surface area contributed by atoms with Crippen LogP contribution >= 0.6 is 0 Å². The Bertz CT molecular complexity index is 1930. The maximum absolute atomic E-state index is 13.1. The molecule has 0 atom stereocenters. The zero-order chi connectivity index (χ0) is 31.4. The van der Waals surface area contributed by atoms with Gasteiger partial charge in [0.05, 0.1) is 34.4 Å². The molecular weight excluding hydrogens is 683 g/mol. The molecule has 4 rings (SSSR count). The van der Waals surface area contributed by atoms with Crippen LogP contribution in [0.1, 0.15) is 19.4 Å². The first kappa shape index (κ1) is 39.7. The van der Waals surface area contributed by atoms with Crippen molar-refractivity contribution in [2.45, 2.75) is 23.6 Å². The van der Waals surface area contributed by atoms with Crippen molar-refractivity contribution in [1.29, 1.82) is 0 Å². The number of allylic oxidation sites excluding steroid dienone is 4. The average Bonchev–Trinajstić information content (AvgIpc) is 3.43. The van der Waals surface area contributed by atoms with E-state index in [-0.39, 0.29) is 150 Å². The number of hydrogen-bond donors (Lipinski definition) is 1. The van der Waals surface area contributed by atoms with Gasteiger partial charge in [-0.1, -0.05) is 18.2 Å². The van der Waals surface area contributed by atoms with Crippen LogP contribution in [-0.4, -0.2) is 60.7 Å². The number of H-pyrrole nitrogens is 1. The standard InChI is InChI=1S/C27H26N4O10S2.2K/c1-3-40-24-22(26(32)30(28-24)18-10-14-20(15-11-18)42(34,35)36)8-6-5-7-9-23-25(41-4-2)29-31(27(23)33)19-12-16-21(17-13-19)43(37,38)39;;/h5-17,28H,3-4H2,1-2H3,(H,34,35,36)(H,37,38,39);;/q;2*+1/p-2/b7-5-,8-6+,23-9-;;. The van der Waals surface area contributed by atoms with Crippen molar-refractivity contribution in [2.24, 2.45) is 5.10 Å². The molecule has 1 aromatic heterocycles. The van der Waals surface area contributed by atoms with Crippen LogP contribution in [-0.2, 0) is 29.8 Å². The summed E-state index contributed by atoms with van der Waals surface area (Å²) in [5.41, 5.74) is 0.248. The van der Waals surface area contributed by atoms with Crippen LogP contribution in [0.25, 0.3) is 11.8 Å². The van der Waals surface area contributed by atoms with E-state index < -0.39 is 41.5 Å². The Morgan fingerprint density at radius 3 is 1.84 bits per heavy atom. The number of ether oxygens (including phenoxy) is 2. The Hall–Kier alpha value is -1.50. The topological polar surface area (TPSA) is 203 Å². The Morgan fingerprint density at radius 1 is 0.800 bits per heavy atom. The number of nitrogens with one attached hydrogen (secondary N) is 1. The molecule has 14 nitrogen and oxygen atoms in total. The van der Waals surface area contributed by atoms with Gasteiger partial charge in [-0.15, -0.1) is 5.10 Å². The SMILES string of the molecule is CCOC1=NN(c2ccc(S(=O)(=O)[O-])cc2)C(=O)\C1=C/C=C\C=C\c1c(OCC)[nH]n(-c2ccc(S(=O)(=O)[O-])cc2)c1=O.[K+].[K+]. The van der Waals surface area contributed by atoms with Crippen molar-refractivity contribution < 1.29 is 143 Å². The molecule has 1 N–H and O–H groups in total. The molecule has 2 aromatic carbocycles. The van der Waals surface area contributed by atoms with E-state index in [2.05, 4.69) is 10.2 Å². The first-order valence-electron chi connectivity index (χ1n) is 12.6. The summed E-state index contributed by atoms with van der Waals surface area (Å²) in [7, 11) is -9.30. The van der Waals surface area contributed by atoms with Crippen LogP contribution < -0.4 is 118 Å². The second-order valence-electron chi connectivity index (χ2n) is 8.60. The monoisotopic (exact) mass is 706 g/mol. The fraction of sp³-hybridized carbons (Fsp3) is 0.148. The molecule has 45 heavy (non-hydrogen) atoms. The van der Waals surface area contributed by atoms with Gasteiger partial charge in [-0.25, -0.2) is 21.5 Å². The van der Waals surface area contributed by atoms with Crippen LogP contribution in [0.2, 0.25) is 0 Å². The first-order valence-corrected chi connectivity index (χ1v) is 15.4. The smallest absolute Gasteiger partial charge is 0.744 e. The molecule has 0 fully saturated rings. The number of hydrazone groups is 1. The van der Waals surface area contributed by atoms with E-state index >= 15 is 0 Å². The van der Waals surface area contributed by atoms with Gasteiger partial charge < -0.3 is 18.6 Å². The normalized spacial score (nSPS) is 14.5. The fourth-order valence-corrected chi connectivity index (χ4v) is 4.79. The van der Waals surface area contributed by atoms with Crippen molar-refractivity contribution >= 4 is 43.8 Å². The number of benzene rings is 2. The summed E-state index contributed by atoms with van der Waals surface area (Å²) in [6.07, 6.45) is 7.50. The third kappa shape index (κ3) is 9.76. The number of carbonyl (C=O) groups is 1. The molecule has 0 aliphatic carbocycles. The van der Waals surface area contributed by atoms with E-state index in [1.165, 1.54) is 48.6 Å². The van der Waals surface area contributed by atoms with Gasteiger partial charge in [0, 0.05) is 0 Å². The molecule has 1 aliphatic rings. The first-order chi connectivity index (χ1) is 20.3. The summed E-state index contributed by atoms with van der Waals surface area (Å²) in [6.45, 7) is 3.88. The second kappa shape index (κ2) is 17.1. The van der Waals surface area contributed by atoms with Crippen molar-refractivity contribution in [2.75, 3.05) is 18.2 Å². The maximum Gasteiger partial charge on any atom is 1.00 e. The Labute approximate surface area is 344 Å². The number of carbonyl (C=O) groups excluding carboxylic acids is 1. The number of hydrogen-bond acceptors (Lipinski definition) is 11. The van der Waals surface area contributed by atoms with E-state index in [9.17, 15) is 35.5 Å². The van der Waals surface area contributed by atoms with E-state index in [1.807, 2.05) is 0 Å². The third-order valence-electron chi connectivity index (χ3n) is 5.81. The number of amides is 1. The Balaban J connectivity index is 0.00000353. The molecule has 18 heteroatoms. The zero-order valence-corrected chi connectivity index (χ0v) is 32.5. The van der Waals surface area contributed by atoms with Gasteiger partial charge in [0.2, 0.25) is 11.8 Å². The minimum absolute atomic E-state index is 0. The summed E-state index contributed by atoms with van der Waals surface area (Å²) in [5, 5.41) is 7.97. The zero-order valence-electron chi connectivity index (χ0n) is 24.7. The molecule has 0 unspecified atom stereocenters. The molecular formula is C27H24K2N4O10S2. The largest absolute Gasteiger partial charge is 1.00 e. The molecule has 0 bridgehead atoms. The van der Waals surface area contributed by atoms with Gasteiger partial charge in [0.15, 0.2) is 0 Å². The molecule has 0 spiro atoms. The summed E-state index contributed by atoms with van der Waals surface area (Å²) in [4.78, 5) is 25.2. The third-order valence-corrected chi connectivity index (χ3v) is 7.51. The molecule has 2 heterocycles. The van der Waals surface area contributed by atoms with Gasteiger partial charge in [0.25, 0.3) is 11.5 Å². The van der Waals surface area contributed by atoms with Crippen LogP contribution in [0.5, 0.6) is 5.88 Å². The Kier molecular flexibility index (Phi) is 15.0. The van der Waals surface area contributed by atoms with Crippen LogP contribution in [0.4, 0.5) is 5.69 Å². The van der Waals surface area contributed by atoms with Gasteiger partial charge in [0.1, 0.15) is 31.4 Å². The molecule has 0 saturated carbocycles. The minimum Gasteiger partial charge on any atom is -0.744 e. The predicted octanol–water partition coefficient (Wildman–Crippen LogP) is -3.73. The summed E-state index contributed by atoms with van der Waals surface area (Å²) >= 11 is 0. The van der Waals surface area contributed by atoms with Crippen molar-refractivity contribution in [3.05, 3.63) is 94.3 Å². The van der Waals surface area contributed by atoms with Crippen LogP contribution in [0, 0.1) is 0 Å². The number of aromatic amines is 1. The van der Waals surface area contributed by atoms with E-state index in [0.29, 0.717) is 0 Å². The molecule has 0 radical (unpaired) electrons. The van der Waals surface area contributed by atoms with Gasteiger partial charge >= 0.3 is 103 Å². The van der Waals surface area contributed by atoms with Crippen LogP contribution in [0.3, 0.4) is 0 Å². The van der Waals surface area contributed by atoms with Crippen molar-refractivity contribution in [1.82, 2.24) is 9.78 Å². The summed E-state index contributed by atoms with van der Waals surface area (Å²) < 4.78 is 79.3. The average molecular weight is 707 g/mol. The fourth-order valence-electron chi connectivity index (χ4n) is 3.85. The minimum atomic E-state index is -4.65. The molecule has 226 valence electrons. The predicted molar refractivity (Wildman–Crippen MR) is 153 cm³/mol. The second-order valence-corrected chi connectivity index (χ2v) is 11.4. The summed E-state index contributed by atoms with van der Waals surface area (Å²) in [6, 6.07) is 9.49. The van der Waals surface area contributed by atoms with E-state index in [1.54, 1.807) is 19.9 Å². The van der Waals surface area contributed by atoms with Crippen molar-refractivity contribution in [3.8, 4) is 11.6 Å². The number of rotatable bonds is 10. The van der Waals surface area contributed by atoms with Gasteiger partial charge in [-0.3, -0.25) is 14.7 Å². The van der Waals surface area contributed by atoms with E-state index in [4.69, 9.17) is 9.47 Å². The summed E-state index contributed by atoms with van der Waals surface area (Å²) in [5.74, 6) is -0.374. The quantitative estimate of drug-likeness (QED) is 0.0945. The van der Waals surface area contributed by atoms with Crippen molar-refractivity contribution in [3.63, 3.8) is 0 Å². The maximum atomic E-state index is 13.1. The number of anilines is 1.